The quantitative estimate of drug-likeness (QED) is 0.848. The number of nitrogens with zero attached hydrogens (tertiary/aromatic N) is 2. The maximum atomic E-state index is 12.9. The van der Waals surface area contributed by atoms with Gasteiger partial charge in [-0.25, -0.2) is 0 Å². The summed E-state index contributed by atoms with van der Waals surface area (Å²) >= 11 is 0. The number of piperidine rings is 1. The maximum absolute atomic E-state index is 12.9. The smallest absolute Gasteiger partial charge is 0.237 e. The van der Waals surface area contributed by atoms with Crippen molar-refractivity contribution in [3.05, 3.63) is 35.9 Å². The van der Waals surface area contributed by atoms with Crippen molar-refractivity contribution in [2.24, 2.45) is 11.3 Å². The Kier molecular flexibility index (Phi) is 6.76. The largest absolute Gasteiger partial charge is 0.353 e. The molecule has 1 atom stereocenters. The number of hydrogen-bond donors (Lipinski definition) is 1. The lowest BCUT2D eigenvalue weighted by atomic mass is 9.90. The van der Waals surface area contributed by atoms with Crippen molar-refractivity contribution >= 4 is 11.8 Å². The van der Waals surface area contributed by atoms with Gasteiger partial charge in [0.25, 0.3) is 0 Å². The fraction of sp³-hybridized carbons (Fsp3) is 0.652. The number of piperazine rings is 1. The first-order valence-electron chi connectivity index (χ1n) is 10.7. The zero-order valence-corrected chi connectivity index (χ0v) is 17.6. The Labute approximate surface area is 169 Å². The van der Waals surface area contributed by atoms with Gasteiger partial charge in [-0.15, -0.1) is 0 Å². The predicted octanol–water partition coefficient (Wildman–Crippen LogP) is 2.70. The molecule has 0 radical (unpaired) electrons. The summed E-state index contributed by atoms with van der Waals surface area (Å²) < 4.78 is 0. The summed E-state index contributed by atoms with van der Waals surface area (Å²) in [5.41, 5.74) is 1.48. The second kappa shape index (κ2) is 9.08. The van der Waals surface area contributed by atoms with Gasteiger partial charge in [-0.2, -0.15) is 0 Å². The van der Waals surface area contributed by atoms with Crippen LogP contribution in [0.15, 0.2) is 30.3 Å². The van der Waals surface area contributed by atoms with Crippen molar-refractivity contribution in [2.75, 3.05) is 32.7 Å². The van der Waals surface area contributed by atoms with Crippen LogP contribution in [0, 0.1) is 11.3 Å². The summed E-state index contributed by atoms with van der Waals surface area (Å²) in [6.45, 7) is 10.5. The van der Waals surface area contributed by atoms with Crippen LogP contribution in [0.2, 0.25) is 0 Å². The first kappa shape index (κ1) is 20.8. The lowest BCUT2D eigenvalue weighted by molar-refractivity contribution is -0.140. The van der Waals surface area contributed by atoms with E-state index < -0.39 is 0 Å². The van der Waals surface area contributed by atoms with E-state index in [1.54, 1.807) is 0 Å². The van der Waals surface area contributed by atoms with Crippen molar-refractivity contribution in [1.29, 1.82) is 0 Å². The molecular weight excluding hydrogens is 350 g/mol. The van der Waals surface area contributed by atoms with E-state index >= 15 is 0 Å². The van der Waals surface area contributed by atoms with E-state index in [0.717, 1.165) is 45.4 Å². The highest BCUT2D eigenvalue weighted by Gasteiger charge is 2.35. The van der Waals surface area contributed by atoms with Crippen LogP contribution in [-0.2, 0) is 16.0 Å². The average Bonchev–Trinajstić information content (AvgIpc) is 2.65. The number of rotatable bonds is 5. The predicted molar refractivity (Wildman–Crippen MR) is 112 cm³/mol. The van der Waals surface area contributed by atoms with Crippen LogP contribution in [0.4, 0.5) is 0 Å². The van der Waals surface area contributed by atoms with Crippen molar-refractivity contribution in [1.82, 2.24) is 15.1 Å². The highest BCUT2D eigenvalue weighted by atomic mass is 16.2. The Morgan fingerprint density at radius 3 is 2.43 bits per heavy atom. The molecule has 154 valence electrons. The zero-order valence-electron chi connectivity index (χ0n) is 17.6. The third-order valence-corrected chi connectivity index (χ3v) is 5.82. The molecule has 2 aliphatic heterocycles. The SMILES string of the molecule is CC(C)(C)CN1CCNC(=O)C1CC(=O)N1CCC(Cc2ccccc2)CC1. The van der Waals surface area contributed by atoms with E-state index in [9.17, 15) is 9.59 Å². The first-order chi connectivity index (χ1) is 13.3. The van der Waals surface area contributed by atoms with Gasteiger partial charge >= 0.3 is 0 Å². The van der Waals surface area contributed by atoms with Crippen LogP contribution < -0.4 is 5.32 Å². The number of benzene rings is 1. The molecule has 1 unspecified atom stereocenters. The second-order valence-electron chi connectivity index (χ2n) is 9.56. The third-order valence-electron chi connectivity index (χ3n) is 5.82. The van der Waals surface area contributed by atoms with Crippen LogP contribution in [0.25, 0.3) is 0 Å². The van der Waals surface area contributed by atoms with E-state index in [2.05, 4.69) is 61.3 Å². The normalized spacial score (nSPS) is 22.2. The monoisotopic (exact) mass is 385 g/mol. The highest BCUT2D eigenvalue weighted by molar-refractivity contribution is 5.88. The molecule has 5 heteroatoms. The molecule has 1 aromatic carbocycles. The van der Waals surface area contributed by atoms with Crippen molar-refractivity contribution in [2.45, 2.75) is 52.5 Å². The van der Waals surface area contributed by atoms with Gasteiger partial charge in [-0.3, -0.25) is 14.5 Å². The standard InChI is InChI=1S/C23H35N3O2/c1-23(2,3)17-26-14-11-24-22(28)20(26)16-21(27)25-12-9-19(10-13-25)15-18-7-5-4-6-8-18/h4-8,19-20H,9-17H2,1-3H3,(H,24,28). The van der Waals surface area contributed by atoms with Gasteiger partial charge in [-0.1, -0.05) is 51.1 Å². The van der Waals surface area contributed by atoms with E-state index in [1.807, 2.05) is 4.90 Å². The third kappa shape index (κ3) is 5.81. The number of amides is 2. The number of likely N-dealkylation sites (tertiary alicyclic amines) is 1. The molecule has 1 aromatic rings. The van der Waals surface area contributed by atoms with Gasteiger partial charge in [0.1, 0.15) is 0 Å². The second-order valence-corrected chi connectivity index (χ2v) is 9.56. The summed E-state index contributed by atoms with van der Waals surface area (Å²) in [6, 6.07) is 10.3. The molecule has 3 rings (SSSR count). The van der Waals surface area contributed by atoms with Crippen LogP contribution in [0.3, 0.4) is 0 Å². The number of carbonyl (C=O) groups excluding carboxylic acids is 2. The lowest BCUT2D eigenvalue weighted by Crippen LogP contribution is -2.58. The summed E-state index contributed by atoms with van der Waals surface area (Å²) in [6.07, 6.45) is 3.48. The molecular formula is C23H35N3O2. The van der Waals surface area contributed by atoms with Crippen molar-refractivity contribution in [3.63, 3.8) is 0 Å². The van der Waals surface area contributed by atoms with Gasteiger partial charge in [0.05, 0.1) is 12.5 Å². The maximum Gasteiger partial charge on any atom is 0.237 e. The molecule has 0 bridgehead atoms. The summed E-state index contributed by atoms with van der Waals surface area (Å²) in [4.78, 5) is 29.5. The van der Waals surface area contributed by atoms with Gasteiger partial charge in [-0.05, 0) is 36.2 Å². The minimum Gasteiger partial charge on any atom is -0.353 e. The molecule has 0 aromatic heterocycles. The van der Waals surface area contributed by atoms with Gasteiger partial charge in [0, 0.05) is 32.7 Å². The molecule has 2 heterocycles. The molecule has 2 saturated heterocycles. The average molecular weight is 386 g/mol. The van der Waals surface area contributed by atoms with E-state index in [-0.39, 0.29) is 23.3 Å². The summed E-state index contributed by atoms with van der Waals surface area (Å²) in [5.74, 6) is 0.767. The molecule has 0 saturated carbocycles. The van der Waals surface area contributed by atoms with Crippen LogP contribution in [0.1, 0.15) is 45.6 Å². The van der Waals surface area contributed by atoms with E-state index in [0.29, 0.717) is 18.9 Å². The van der Waals surface area contributed by atoms with Gasteiger partial charge in [0.15, 0.2) is 0 Å². The lowest BCUT2D eigenvalue weighted by Gasteiger charge is -2.40. The Morgan fingerprint density at radius 2 is 1.79 bits per heavy atom. The van der Waals surface area contributed by atoms with Gasteiger partial charge in [0.2, 0.25) is 11.8 Å². The number of carbonyl (C=O) groups is 2. The summed E-state index contributed by atoms with van der Waals surface area (Å²) in [5, 5.41) is 2.94. The van der Waals surface area contributed by atoms with Crippen LogP contribution in [-0.4, -0.2) is 60.4 Å². The molecule has 0 spiro atoms. The molecule has 2 fully saturated rings. The highest BCUT2D eigenvalue weighted by Crippen LogP contribution is 2.24. The Hall–Kier alpha value is -1.88. The molecule has 2 amide bonds. The molecule has 28 heavy (non-hydrogen) atoms. The minimum atomic E-state index is -0.331. The first-order valence-corrected chi connectivity index (χ1v) is 10.7. The Morgan fingerprint density at radius 1 is 1.11 bits per heavy atom. The fourth-order valence-corrected chi connectivity index (χ4v) is 4.41. The number of hydrogen-bond acceptors (Lipinski definition) is 3. The minimum absolute atomic E-state index is 0.00261. The van der Waals surface area contributed by atoms with Crippen LogP contribution in [0.5, 0.6) is 0 Å². The molecule has 2 aliphatic rings. The summed E-state index contributed by atoms with van der Waals surface area (Å²) in [7, 11) is 0. The molecule has 1 N–H and O–H groups in total. The Balaban J connectivity index is 1.52. The Bertz CT molecular complexity index is 660. The van der Waals surface area contributed by atoms with E-state index in [4.69, 9.17) is 0 Å². The number of nitrogens with one attached hydrogen (secondary N) is 1. The van der Waals surface area contributed by atoms with E-state index in [1.165, 1.54) is 5.56 Å². The van der Waals surface area contributed by atoms with Crippen molar-refractivity contribution in [3.8, 4) is 0 Å². The van der Waals surface area contributed by atoms with Crippen LogP contribution >= 0.6 is 0 Å². The topological polar surface area (TPSA) is 52.7 Å². The van der Waals surface area contributed by atoms with Gasteiger partial charge < -0.3 is 10.2 Å². The fourth-order valence-electron chi connectivity index (χ4n) is 4.41. The zero-order chi connectivity index (χ0) is 20.1. The molecule has 0 aliphatic carbocycles. The molecule has 5 nitrogen and oxygen atoms in total. The van der Waals surface area contributed by atoms with Crippen molar-refractivity contribution < 1.29 is 9.59 Å².